The van der Waals surface area contributed by atoms with Gasteiger partial charge in [-0.25, -0.2) is 4.39 Å². The zero-order chi connectivity index (χ0) is 15.0. The summed E-state index contributed by atoms with van der Waals surface area (Å²) in [5.41, 5.74) is 0.720. The highest BCUT2D eigenvalue weighted by Gasteiger charge is 2.22. The van der Waals surface area contributed by atoms with Crippen molar-refractivity contribution in [1.82, 2.24) is 0 Å². The molecule has 3 rings (SSSR count). The Morgan fingerprint density at radius 2 is 1.67 bits per heavy atom. The first-order valence-electron chi connectivity index (χ1n) is 6.28. The van der Waals surface area contributed by atoms with E-state index in [1.165, 1.54) is 6.07 Å². The highest BCUT2D eigenvalue weighted by Crippen LogP contribution is 2.40. The second-order valence-corrected chi connectivity index (χ2v) is 6.36. The molecule has 0 aliphatic carbocycles. The van der Waals surface area contributed by atoms with Crippen LogP contribution in [-0.4, -0.2) is 18.3 Å². The molecular formula is C15H11Br2FO3. The van der Waals surface area contributed by atoms with Crippen molar-refractivity contribution in [3.63, 3.8) is 0 Å². The second kappa shape index (κ2) is 5.94. The molecule has 0 aromatic heterocycles. The van der Waals surface area contributed by atoms with Crippen molar-refractivity contribution in [3.05, 3.63) is 56.2 Å². The topological polar surface area (TPSA) is 38.7 Å². The maximum absolute atomic E-state index is 13.9. The maximum atomic E-state index is 13.9. The van der Waals surface area contributed by atoms with Crippen molar-refractivity contribution in [1.29, 1.82) is 0 Å². The number of benzene rings is 2. The van der Waals surface area contributed by atoms with Gasteiger partial charge in [0.25, 0.3) is 0 Å². The predicted octanol–water partition coefficient (Wildman–Crippen LogP) is 4.20. The van der Waals surface area contributed by atoms with Crippen LogP contribution in [0.5, 0.6) is 11.5 Å². The van der Waals surface area contributed by atoms with Crippen molar-refractivity contribution in [3.8, 4) is 11.5 Å². The van der Waals surface area contributed by atoms with Gasteiger partial charge in [-0.3, -0.25) is 0 Å². The third-order valence-corrected chi connectivity index (χ3v) is 4.39. The lowest BCUT2D eigenvalue weighted by Gasteiger charge is -2.22. The number of hydrogen-bond acceptors (Lipinski definition) is 3. The molecule has 21 heavy (non-hydrogen) atoms. The maximum Gasteiger partial charge on any atom is 0.162 e. The first-order chi connectivity index (χ1) is 10.1. The monoisotopic (exact) mass is 416 g/mol. The Hall–Kier alpha value is -1.11. The fourth-order valence-electron chi connectivity index (χ4n) is 2.18. The van der Waals surface area contributed by atoms with Gasteiger partial charge in [-0.1, -0.05) is 31.9 Å². The third-order valence-electron chi connectivity index (χ3n) is 3.21. The van der Waals surface area contributed by atoms with Gasteiger partial charge in [0.2, 0.25) is 0 Å². The summed E-state index contributed by atoms with van der Waals surface area (Å²) in [7, 11) is 0. The first kappa shape index (κ1) is 14.8. The van der Waals surface area contributed by atoms with E-state index in [1.54, 1.807) is 24.3 Å². The van der Waals surface area contributed by atoms with Gasteiger partial charge < -0.3 is 14.6 Å². The van der Waals surface area contributed by atoms with Crippen LogP contribution in [0.1, 0.15) is 17.2 Å². The molecule has 1 aliphatic rings. The molecule has 1 unspecified atom stereocenters. The Morgan fingerprint density at radius 1 is 1.00 bits per heavy atom. The fourth-order valence-corrected chi connectivity index (χ4v) is 3.10. The largest absolute Gasteiger partial charge is 0.486 e. The summed E-state index contributed by atoms with van der Waals surface area (Å²) in [6.07, 6.45) is -1.10. The van der Waals surface area contributed by atoms with Crippen LogP contribution in [0.15, 0.2) is 39.3 Å². The standard InChI is InChI=1S/C15H11Br2FO3/c16-8-1-2-12(18)10(5-8)15(19)9-6-13-14(7-11(9)17)21-4-3-20-13/h1-2,5-7,15,19H,3-4H2. The molecular weight excluding hydrogens is 407 g/mol. The number of ether oxygens (including phenoxy) is 2. The number of hydrogen-bond donors (Lipinski definition) is 1. The summed E-state index contributed by atoms with van der Waals surface area (Å²) < 4.78 is 26.2. The van der Waals surface area contributed by atoms with E-state index >= 15 is 0 Å². The molecule has 1 N–H and O–H groups in total. The van der Waals surface area contributed by atoms with E-state index < -0.39 is 11.9 Å². The van der Waals surface area contributed by atoms with Gasteiger partial charge in [-0.15, -0.1) is 0 Å². The summed E-state index contributed by atoms with van der Waals surface area (Å²) in [4.78, 5) is 0. The summed E-state index contributed by atoms with van der Waals surface area (Å²) in [5.74, 6) is 0.695. The van der Waals surface area contributed by atoms with E-state index in [0.717, 1.165) is 0 Å². The second-order valence-electron chi connectivity index (χ2n) is 4.59. The van der Waals surface area contributed by atoms with Gasteiger partial charge in [-0.2, -0.15) is 0 Å². The van der Waals surface area contributed by atoms with Crippen molar-refractivity contribution in [2.45, 2.75) is 6.10 Å². The molecule has 0 amide bonds. The predicted molar refractivity (Wildman–Crippen MR) is 83.3 cm³/mol. The minimum absolute atomic E-state index is 0.196. The lowest BCUT2D eigenvalue weighted by molar-refractivity contribution is 0.169. The Balaban J connectivity index is 2.05. The van der Waals surface area contributed by atoms with Crippen LogP contribution in [0.4, 0.5) is 4.39 Å². The summed E-state index contributed by atoms with van der Waals surface area (Å²) in [6.45, 7) is 0.941. The molecule has 0 spiro atoms. The van der Waals surface area contributed by atoms with Crippen molar-refractivity contribution in [2.24, 2.45) is 0 Å². The quantitative estimate of drug-likeness (QED) is 0.795. The molecule has 0 fully saturated rings. The molecule has 0 saturated heterocycles. The van der Waals surface area contributed by atoms with Crippen LogP contribution in [0.3, 0.4) is 0 Å². The van der Waals surface area contributed by atoms with E-state index in [4.69, 9.17) is 9.47 Å². The smallest absolute Gasteiger partial charge is 0.162 e. The molecule has 0 bridgehead atoms. The number of fused-ring (bicyclic) bond motifs is 1. The van der Waals surface area contributed by atoms with Crippen LogP contribution >= 0.6 is 31.9 Å². The highest BCUT2D eigenvalue weighted by molar-refractivity contribution is 9.10. The Morgan fingerprint density at radius 3 is 2.38 bits per heavy atom. The van der Waals surface area contributed by atoms with Crippen LogP contribution in [0.25, 0.3) is 0 Å². The number of rotatable bonds is 2. The van der Waals surface area contributed by atoms with Crippen LogP contribution in [0.2, 0.25) is 0 Å². The summed E-state index contributed by atoms with van der Waals surface area (Å²) in [6, 6.07) is 7.86. The average Bonchev–Trinajstić information content (AvgIpc) is 2.48. The van der Waals surface area contributed by atoms with Crippen LogP contribution < -0.4 is 9.47 Å². The first-order valence-corrected chi connectivity index (χ1v) is 7.87. The minimum Gasteiger partial charge on any atom is -0.486 e. The molecule has 1 aliphatic heterocycles. The molecule has 1 heterocycles. The molecule has 0 radical (unpaired) electrons. The van der Waals surface area contributed by atoms with Gasteiger partial charge in [0.15, 0.2) is 11.5 Å². The number of aliphatic hydroxyl groups excluding tert-OH is 1. The number of halogens is 3. The molecule has 110 valence electrons. The van der Waals surface area contributed by atoms with E-state index in [9.17, 15) is 9.50 Å². The lowest BCUT2D eigenvalue weighted by Crippen LogP contribution is -2.16. The van der Waals surface area contributed by atoms with Crippen LogP contribution in [0, 0.1) is 5.82 Å². The van der Waals surface area contributed by atoms with Gasteiger partial charge in [0.1, 0.15) is 25.1 Å². The zero-order valence-electron chi connectivity index (χ0n) is 10.8. The van der Waals surface area contributed by atoms with E-state index in [1.807, 2.05) is 0 Å². The fraction of sp³-hybridized carbons (Fsp3) is 0.200. The number of aliphatic hydroxyl groups is 1. The van der Waals surface area contributed by atoms with E-state index in [-0.39, 0.29) is 5.56 Å². The summed E-state index contributed by atoms with van der Waals surface area (Å²) >= 11 is 6.67. The normalized spacial score (nSPS) is 14.9. The highest BCUT2D eigenvalue weighted by atomic mass is 79.9. The molecule has 3 nitrogen and oxygen atoms in total. The molecule has 2 aromatic carbocycles. The zero-order valence-corrected chi connectivity index (χ0v) is 13.9. The summed E-state index contributed by atoms with van der Waals surface area (Å²) in [5, 5.41) is 10.5. The lowest BCUT2D eigenvalue weighted by atomic mass is 10.0. The molecule has 6 heteroatoms. The van der Waals surface area contributed by atoms with Gasteiger partial charge in [0, 0.05) is 20.1 Å². The van der Waals surface area contributed by atoms with Crippen molar-refractivity contribution in [2.75, 3.05) is 13.2 Å². The van der Waals surface area contributed by atoms with E-state index in [0.29, 0.717) is 39.2 Å². The Kier molecular flexibility index (Phi) is 4.19. The Bertz CT molecular complexity index is 691. The van der Waals surface area contributed by atoms with Gasteiger partial charge >= 0.3 is 0 Å². The minimum atomic E-state index is -1.10. The Labute approximate surface area is 137 Å². The van der Waals surface area contributed by atoms with Crippen molar-refractivity contribution >= 4 is 31.9 Å². The molecule has 0 saturated carbocycles. The van der Waals surface area contributed by atoms with Gasteiger partial charge in [-0.05, 0) is 30.3 Å². The SMILES string of the molecule is OC(c1cc(Br)ccc1F)c1cc2c(cc1Br)OCCO2. The average molecular weight is 418 g/mol. The molecule has 2 aromatic rings. The van der Waals surface area contributed by atoms with Gasteiger partial charge in [0.05, 0.1) is 0 Å². The van der Waals surface area contributed by atoms with Crippen molar-refractivity contribution < 1.29 is 19.0 Å². The third kappa shape index (κ3) is 2.93. The van der Waals surface area contributed by atoms with E-state index in [2.05, 4.69) is 31.9 Å². The molecule has 1 atom stereocenters. The van der Waals surface area contributed by atoms with Crippen LogP contribution in [-0.2, 0) is 0 Å².